The Balaban J connectivity index is 2.01. The largest absolute Gasteiger partial charge is 0.473 e. The van der Waals surface area contributed by atoms with Gasteiger partial charge in [0, 0.05) is 17.2 Å². The average molecular weight is 268 g/mol. The Morgan fingerprint density at radius 1 is 1.25 bits per heavy atom. The summed E-state index contributed by atoms with van der Waals surface area (Å²) in [4.78, 5) is 22.0. The van der Waals surface area contributed by atoms with Gasteiger partial charge in [-0.25, -0.2) is 0 Å². The third-order valence-corrected chi connectivity index (χ3v) is 2.58. The molecule has 0 aliphatic rings. The van der Waals surface area contributed by atoms with Crippen LogP contribution in [0.5, 0.6) is 5.75 Å². The highest BCUT2D eigenvalue weighted by atomic mass is 16.5. The van der Waals surface area contributed by atoms with E-state index < -0.39 is 0 Å². The van der Waals surface area contributed by atoms with Crippen LogP contribution < -0.4 is 10.2 Å². The van der Waals surface area contributed by atoms with Gasteiger partial charge in [0.25, 0.3) is 0 Å². The van der Waals surface area contributed by atoms with Gasteiger partial charge in [0.2, 0.25) is 11.2 Å². The first-order valence-corrected chi connectivity index (χ1v) is 5.96. The number of aldehydes is 1. The molecule has 1 heterocycles. The van der Waals surface area contributed by atoms with E-state index in [0.717, 1.165) is 11.8 Å². The molecular formula is C16H12O4. The van der Waals surface area contributed by atoms with Crippen molar-refractivity contribution < 1.29 is 13.9 Å². The molecule has 4 nitrogen and oxygen atoms in total. The van der Waals surface area contributed by atoms with Crippen LogP contribution in [0.3, 0.4) is 0 Å². The van der Waals surface area contributed by atoms with Gasteiger partial charge in [-0.3, -0.25) is 9.59 Å². The summed E-state index contributed by atoms with van der Waals surface area (Å²) in [6.45, 7) is 1.74. The van der Waals surface area contributed by atoms with Gasteiger partial charge in [0.05, 0.1) is 6.26 Å². The molecule has 0 radical (unpaired) electrons. The molecule has 0 N–H and O–H groups in total. The molecular weight excluding hydrogens is 256 g/mol. The third kappa shape index (κ3) is 3.36. The molecule has 0 spiro atoms. The van der Waals surface area contributed by atoms with E-state index in [0.29, 0.717) is 11.3 Å². The van der Waals surface area contributed by atoms with E-state index in [4.69, 9.17) is 9.15 Å². The summed E-state index contributed by atoms with van der Waals surface area (Å²) in [7, 11) is 0. The predicted molar refractivity (Wildman–Crippen MR) is 73.9 cm³/mol. The minimum Gasteiger partial charge on any atom is -0.473 e. The number of hydrogen-bond donors (Lipinski definition) is 0. The van der Waals surface area contributed by atoms with Gasteiger partial charge in [-0.15, -0.1) is 0 Å². The summed E-state index contributed by atoms with van der Waals surface area (Å²) in [5, 5.41) is 0. The lowest BCUT2D eigenvalue weighted by molar-refractivity contribution is 0.112. The second-order valence-electron chi connectivity index (χ2n) is 4.00. The Labute approximate surface area is 116 Å². The highest BCUT2D eigenvalue weighted by Crippen LogP contribution is 2.10. The van der Waals surface area contributed by atoms with Crippen molar-refractivity contribution in [2.45, 2.75) is 6.92 Å². The molecule has 0 amide bonds. The zero-order valence-corrected chi connectivity index (χ0v) is 10.9. The van der Waals surface area contributed by atoms with Gasteiger partial charge in [-0.05, 0) is 19.1 Å². The van der Waals surface area contributed by atoms with Crippen LogP contribution in [0.1, 0.15) is 21.7 Å². The summed E-state index contributed by atoms with van der Waals surface area (Å²) in [5.41, 5.74) is 1.14. The molecule has 0 atom stereocenters. The number of aryl methyl sites for hydroxylation is 1. The first-order chi connectivity index (χ1) is 9.70. The molecule has 0 aliphatic carbocycles. The fourth-order valence-electron chi connectivity index (χ4n) is 1.56. The summed E-state index contributed by atoms with van der Waals surface area (Å²) >= 11 is 0. The van der Waals surface area contributed by atoms with Crippen molar-refractivity contribution in [3.63, 3.8) is 0 Å². The number of benzene rings is 1. The summed E-state index contributed by atoms with van der Waals surface area (Å²) < 4.78 is 10.4. The second-order valence-corrected chi connectivity index (χ2v) is 4.00. The SMILES string of the molecule is Cc1occc(=O)c1OCC#Cc1ccc(C=O)cc1. The van der Waals surface area contributed by atoms with Gasteiger partial charge in [-0.1, -0.05) is 24.0 Å². The first kappa shape index (κ1) is 13.6. The maximum Gasteiger partial charge on any atom is 0.227 e. The van der Waals surface area contributed by atoms with Crippen LogP contribution >= 0.6 is 0 Å². The lowest BCUT2D eigenvalue weighted by Crippen LogP contribution is -2.08. The number of rotatable bonds is 3. The number of hydrogen-bond acceptors (Lipinski definition) is 4. The van der Waals surface area contributed by atoms with Crippen LogP contribution in [-0.4, -0.2) is 12.9 Å². The number of ether oxygens (including phenoxy) is 1. The molecule has 0 unspecified atom stereocenters. The van der Waals surface area contributed by atoms with Crippen LogP contribution in [0, 0.1) is 18.8 Å². The molecule has 0 aliphatic heterocycles. The van der Waals surface area contributed by atoms with Crippen molar-refractivity contribution in [2.24, 2.45) is 0 Å². The molecule has 0 saturated carbocycles. The number of carbonyl (C=O) groups excluding carboxylic acids is 1. The highest BCUT2D eigenvalue weighted by Gasteiger charge is 2.04. The molecule has 1 aromatic carbocycles. The van der Waals surface area contributed by atoms with Gasteiger partial charge < -0.3 is 9.15 Å². The summed E-state index contributed by atoms with van der Waals surface area (Å²) in [5.74, 6) is 6.29. The van der Waals surface area contributed by atoms with Crippen LogP contribution in [0.25, 0.3) is 0 Å². The Bertz CT molecular complexity index is 715. The minimum absolute atomic E-state index is 0.0883. The van der Waals surface area contributed by atoms with Gasteiger partial charge in [-0.2, -0.15) is 0 Å². The zero-order chi connectivity index (χ0) is 14.4. The Morgan fingerprint density at radius 2 is 2.00 bits per heavy atom. The second kappa shape index (κ2) is 6.39. The smallest absolute Gasteiger partial charge is 0.227 e. The molecule has 2 rings (SSSR count). The van der Waals surface area contributed by atoms with Crippen molar-refractivity contribution >= 4 is 6.29 Å². The molecule has 0 bridgehead atoms. The fraction of sp³-hybridized carbons (Fsp3) is 0.125. The van der Waals surface area contributed by atoms with Crippen molar-refractivity contribution in [1.82, 2.24) is 0 Å². The minimum atomic E-state index is -0.231. The van der Waals surface area contributed by atoms with Gasteiger partial charge in [0.15, 0.2) is 0 Å². The monoisotopic (exact) mass is 268 g/mol. The van der Waals surface area contributed by atoms with E-state index in [1.165, 1.54) is 12.3 Å². The molecule has 0 fully saturated rings. The summed E-state index contributed by atoms with van der Waals surface area (Å²) in [6, 6.07) is 8.17. The Morgan fingerprint density at radius 3 is 2.65 bits per heavy atom. The van der Waals surface area contributed by atoms with E-state index in [1.54, 1.807) is 31.2 Å². The van der Waals surface area contributed by atoms with Crippen LogP contribution in [0.4, 0.5) is 0 Å². The molecule has 0 saturated heterocycles. The molecule has 100 valence electrons. The fourth-order valence-corrected chi connectivity index (χ4v) is 1.56. The highest BCUT2D eigenvalue weighted by molar-refractivity contribution is 5.74. The van der Waals surface area contributed by atoms with E-state index in [9.17, 15) is 9.59 Å². The van der Waals surface area contributed by atoms with Crippen LogP contribution in [0.2, 0.25) is 0 Å². The molecule has 2 aromatic rings. The lowest BCUT2D eigenvalue weighted by atomic mass is 10.1. The Kier molecular flexibility index (Phi) is 4.35. The Hall–Kier alpha value is -2.80. The maximum absolute atomic E-state index is 11.5. The first-order valence-electron chi connectivity index (χ1n) is 5.96. The van der Waals surface area contributed by atoms with Crippen molar-refractivity contribution in [2.75, 3.05) is 6.61 Å². The van der Waals surface area contributed by atoms with E-state index >= 15 is 0 Å². The van der Waals surface area contributed by atoms with Crippen LogP contribution in [-0.2, 0) is 0 Å². The lowest BCUT2D eigenvalue weighted by Gasteiger charge is -2.02. The third-order valence-electron chi connectivity index (χ3n) is 2.58. The molecule has 1 aromatic heterocycles. The standard InChI is InChI=1S/C16H12O4/c1-12-16(15(18)8-10-19-12)20-9-2-3-13-4-6-14(11-17)7-5-13/h4-8,10-11H,9H2,1H3. The van der Waals surface area contributed by atoms with Gasteiger partial charge >= 0.3 is 0 Å². The zero-order valence-electron chi connectivity index (χ0n) is 10.9. The van der Waals surface area contributed by atoms with E-state index in [2.05, 4.69) is 11.8 Å². The normalized spacial score (nSPS) is 9.45. The topological polar surface area (TPSA) is 56.5 Å². The average Bonchev–Trinajstić information content (AvgIpc) is 2.46. The van der Waals surface area contributed by atoms with Crippen molar-refractivity contribution in [1.29, 1.82) is 0 Å². The van der Waals surface area contributed by atoms with Crippen molar-refractivity contribution in [3.05, 3.63) is 63.7 Å². The number of carbonyl (C=O) groups is 1. The molecule has 20 heavy (non-hydrogen) atoms. The maximum atomic E-state index is 11.5. The van der Waals surface area contributed by atoms with Gasteiger partial charge in [0.1, 0.15) is 18.7 Å². The predicted octanol–water partition coefficient (Wildman–Crippen LogP) is 2.19. The van der Waals surface area contributed by atoms with Crippen LogP contribution in [0.15, 0.2) is 45.8 Å². The summed E-state index contributed by atoms with van der Waals surface area (Å²) in [6.07, 6.45) is 2.10. The molecule has 4 heteroatoms. The quantitative estimate of drug-likeness (QED) is 0.632. The van der Waals surface area contributed by atoms with E-state index in [1.807, 2.05) is 0 Å². The van der Waals surface area contributed by atoms with Crippen molar-refractivity contribution in [3.8, 4) is 17.6 Å². The van der Waals surface area contributed by atoms with E-state index in [-0.39, 0.29) is 17.8 Å².